The van der Waals surface area contributed by atoms with E-state index >= 15 is 0 Å². The Balaban J connectivity index is 1.78. The lowest BCUT2D eigenvalue weighted by Crippen LogP contribution is -2.15. The third kappa shape index (κ3) is 4.73. The lowest BCUT2D eigenvalue weighted by atomic mass is 9.95. The van der Waals surface area contributed by atoms with Crippen molar-refractivity contribution in [3.63, 3.8) is 0 Å². The monoisotopic (exact) mass is 401 g/mol. The fourth-order valence-electron chi connectivity index (χ4n) is 3.21. The van der Waals surface area contributed by atoms with E-state index in [1.807, 2.05) is 0 Å². The van der Waals surface area contributed by atoms with Crippen molar-refractivity contribution in [2.24, 2.45) is 5.92 Å². The Labute approximate surface area is 170 Å². The second kappa shape index (κ2) is 9.24. The number of carbonyl (C=O) groups excluding carboxylic acids is 2. The number of thiophene rings is 1. The minimum atomic E-state index is -0.352. The number of anilines is 1. The molecule has 0 spiro atoms. The summed E-state index contributed by atoms with van der Waals surface area (Å²) in [5.41, 5.74) is 2.10. The van der Waals surface area contributed by atoms with E-state index in [1.54, 1.807) is 31.2 Å². The first-order valence-corrected chi connectivity index (χ1v) is 10.7. The van der Waals surface area contributed by atoms with Crippen molar-refractivity contribution in [3.8, 4) is 5.75 Å². The Bertz CT molecular complexity index is 839. The van der Waals surface area contributed by atoms with Gasteiger partial charge in [-0.3, -0.25) is 4.79 Å². The summed E-state index contributed by atoms with van der Waals surface area (Å²) < 4.78 is 10.9. The number of rotatable bonds is 7. The number of ether oxygens (including phenoxy) is 2. The van der Waals surface area contributed by atoms with Gasteiger partial charge in [0.2, 0.25) is 0 Å². The maximum Gasteiger partial charge on any atom is 0.341 e. The second-order valence-corrected chi connectivity index (χ2v) is 8.42. The summed E-state index contributed by atoms with van der Waals surface area (Å²) in [6.07, 6.45) is 3.98. The average Bonchev–Trinajstić information content (AvgIpc) is 3.04. The van der Waals surface area contributed by atoms with Crippen LogP contribution in [-0.2, 0) is 17.6 Å². The Morgan fingerprint density at radius 1 is 1.14 bits per heavy atom. The zero-order valence-electron chi connectivity index (χ0n) is 16.7. The molecule has 0 radical (unpaired) electrons. The standard InChI is InChI=1S/C22H27NO4S/c1-4-26-22(25)19-17-7-5-6-8-18(17)28-21(19)23-20(24)15-9-11-16(12-10-15)27-13-14(2)3/h9-12,14H,4-8,13H2,1-3H3,(H,23,24). The molecule has 28 heavy (non-hydrogen) atoms. The number of nitrogens with one attached hydrogen (secondary N) is 1. The van der Waals surface area contributed by atoms with E-state index in [9.17, 15) is 9.59 Å². The van der Waals surface area contributed by atoms with Crippen LogP contribution >= 0.6 is 11.3 Å². The van der Waals surface area contributed by atoms with Crippen molar-refractivity contribution in [2.75, 3.05) is 18.5 Å². The smallest absolute Gasteiger partial charge is 0.341 e. The van der Waals surface area contributed by atoms with Crippen LogP contribution in [0, 0.1) is 5.92 Å². The zero-order chi connectivity index (χ0) is 20.1. The van der Waals surface area contributed by atoms with E-state index in [4.69, 9.17) is 9.47 Å². The first-order valence-electron chi connectivity index (χ1n) is 9.85. The van der Waals surface area contributed by atoms with Crippen LogP contribution in [0.4, 0.5) is 5.00 Å². The molecule has 1 heterocycles. The first-order chi connectivity index (χ1) is 13.5. The quantitative estimate of drug-likeness (QED) is 0.656. The van der Waals surface area contributed by atoms with Crippen molar-refractivity contribution in [3.05, 3.63) is 45.8 Å². The van der Waals surface area contributed by atoms with Gasteiger partial charge < -0.3 is 14.8 Å². The van der Waals surface area contributed by atoms with Crippen LogP contribution in [0.2, 0.25) is 0 Å². The number of benzene rings is 1. The van der Waals surface area contributed by atoms with E-state index in [0.29, 0.717) is 35.3 Å². The molecule has 1 aromatic carbocycles. The van der Waals surface area contributed by atoms with Crippen LogP contribution in [0.3, 0.4) is 0 Å². The molecule has 1 aliphatic carbocycles. The number of fused-ring (bicyclic) bond motifs is 1. The Morgan fingerprint density at radius 2 is 1.86 bits per heavy atom. The Hall–Kier alpha value is -2.34. The average molecular weight is 402 g/mol. The zero-order valence-corrected chi connectivity index (χ0v) is 17.5. The first kappa shape index (κ1) is 20.4. The highest BCUT2D eigenvalue weighted by atomic mass is 32.1. The topological polar surface area (TPSA) is 64.6 Å². The summed E-state index contributed by atoms with van der Waals surface area (Å²) >= 11 is 1.50. The SMILES string of the molecule is CCOC(=O)c1c(NC(=O)c2ccc(OCC(C)C)cc2)sc2c1CCCC2. The van der Waals surface area contributed by atoms with Crippen LogP contribution < -0.4 is 10.1 Å². The largest absolute Gasteiger partial charge is 0.493 e. The molecule has 0 aliphatic heterocycles. The number of hydrogen-bond donors (Lipinski definition) is 1. The van der Waals surface area contributed by atoms with Crippen LogP contribution in [0.1, 0.15) is 64.8 Å². The van der Waals surface area contributed by atoms with Gasteiger partial charge in [-0.05, 0) is 68.4 Å². The molecule has 6 heteroatoms. The molecule has 0 unspecified atom stereocenters. The van der Waals surface area contributed by atoms with Gasteiger partial charge in [-0.25, -0.2) is 4.79 Å². The van der Waals surface area contributed by atoms with Crippen LogP contribution in [-0.4, -0.2) is 25.1 Å². The lowest BCUT2D eigenvalue weighted by Gasteiger charge is -2.12. The second-order valence-electron chi connectivity index (χ2n) is 7.32. The summed E-state index contributed by atoms with van der Waals surface area (Å²) in [6.45, 7) is 6.91. The van der Waals surface area contributed by atoms with E-state index in [2.05, 4.69) is 19.2 Å². The molecule has 5 nitrogen and oxygen atoms in total. The predicted octanol–water partition coefficient (Wildman–Crippen LogP) is 5.09. The minimum absolute atomic E-state index is 0.237. The molecule has 150 valence electrons. The van der Waals surface area contributed by atoms with Gasteiger partial charge in [-0.15, -0.1) is 11.3 Å². The van der Waals surface area contributed by atoms with Crippen molar-refractivity contribution in [2.45, 2.75) is 46.5 Å². The summed E-state index contributed by atoms with van der Waals surface area (Å²) in [5, 5.41) is 3.52. The van der Waals surface area contributed by atoms with Crippen molar-refractivity contribution >= 4 is 28.2 Å². The van der Waals surface area contributed by atoms with Gasteiger partial charge in [0.25, 0.3) is 5.91 Å². The molecular formula is C22H27NO4S. The third-order valence-electron chi connectivity index (χ3n) is 4.58. The van der Waals surface area contributed by atoms with E-state index in [1.165, 1.54) is 16.2 Å². The summed E-state index contributed by atoms with van der Waals surface area (Å²) in [4.78, 5) is 26.4. The van der Waals surface area contributed by atoms with Crippen molar-refractivity contribution < 1.29 is 19.1 Å². The number of hydrogen-bond acceptors (Lipinski definition) is 5. The van der Waals surface area contributed by atoms with Gasteiger partial charge >= 0.3 is 5.97 Å². The van der Waals surface area contributed by atoms with Gasteiger partial charge in [0.1, 0.15) is 10.8 Å². The molecule has 0 bridgehead atoms. The maximum absolute atomic E-state index is 12.7. The third-order valence-corrected chi connectivity index (χ3v) is 5.78. The highest BCUT2D eigenvalue weighted by Crippen LogP contribution is 2.38. The highest BCUT2D eigenvalue weighted by molar-refractivity contribution is 7.17. The molecule has 3 rings (SSSR count). The molecule has 1 N–H and O–H groups in total. The molecule has 0 atom stereocenters. The highest BCUT2D eigenvalue weighted by Gasteiger charge is 2.27. The number of amides is 1. The van der Waals surface area contributed by atoms with Crippen molar-refractivity contribution in [1.29, 1.82) is 0 Å². The number of esters is 1. The predicted molar refractivity (Wildman–Crippen MR) is 112 cm³/mol. The molecule has 2 aromatic rings. The summed E-state index contributed by atoms with van der Waals surface area (Å²) in [6, 6.07) is 7.07. The molecule has 1 aromatic heterocycles. The molecule has 1 amide bonds. The van der Waals surface area contributed by atoms with Gasteiger partial charge in [0, 0.05) is 10.4 Å². The molecule has 1 aliphatic rings. The molecule has 0 fully saturated rings. The van der Waals surface area contributed by atoms with Gasteiger partial charge in [-0.2, -0.15) is 0 Å². The van der Waals surface area contributed by atoms with Gasteiger partial charge in [0.05, 0.1) is 18.8 Å². The van der Waals surface area contributed by atoms with E-state index in [-0.39, 0.29) is 11.9 Å². The van der Waals surface area contributed by atoms with Crippen LogP contribution in [0.25, 0.3) is 0 Å². The van der Waals surface area contributed by atoms with Crippen LogP contribution in [0.15, 0.2) is 24.3 Å². The summed E-state index contributed by atoms with van der Waals surface area (Å²) in [7, 11) is 0. The normalized spacial score (nSPS) is 13.1. The number of carbonyl (C=O) groups is 2. The van der Waals surface area contributed by atoms with E-state index < -0.39 is 0 Å². The Kier molecular flexibility index (Phi) is 6.73. The van der Waals surface area contributed by atoms with Gasteiger partial charge in [0.15, 0.2) is 0 Å². The molecule has 0 saturated carbocycles. The minimum Gasteiger partial charge on any atom is -0.493 e. The van der Waals surface area contributed by atoms with Gasteiger partial charge in [-0.1, -0.05) is 13.8 Å². The fraction of sp³-hybridized carbons (Fsp3) is 0.455. The maximum atomic E-state index is 12.7. The van der Waals surface area contributed by atoms with E-state index in [0.717, 1.165) is 37.0 Å². The van der Waals surface area contributed by atoms with Crippen molar-refractivity contribution in [1.82, 2.24) is 0 Å². The number of aryl methyl sites for hydroxylation is 1. The molecule has 0 saturated heterocycles. The van der Waals surface area contributed by atoms with Crippen LogP contribution in [0.5, 0.6) is 5.75 Å². The molecular weight excluding hydrogens is 374 g/mol. The fourth-order valence-corrected chi connectivity index (χ4v) is 4.49. The Morgan fingerprint density at radius 3 is 2.54 bits per heavy atom. The summed E-state index contributed by atoms with van der Waals surface area (Å²) in [5.74, 6) is 0.590. The lowest BCUT2D eigenvalue weighted by molar-refractivity contribution is 0.0526.